The molecule has 3 aromatic rings. The fourth-order valence-corrected chi connectivity index (χ4v) is 4.96. The summed E-state index contributed by atoms with van der Waals surface area (Å²) < 4.78 is 12.8. The van der Waals surface area contributed by atoms with Gasteiger partial charge in [-0.3, -0.25) is 9.36 Å². The molecule has 2 aromatic carbocycles. The van der Waals surface area contributed by atoms with Crippen LogP contribution in [0.5, 0.6) is 5.75 Å². The van der Waals surface area contributed by atoms with Crippen molar-refractivity contribution in [1.29, 1.82) is 0 Å². The molecule has 1 aromatic heterocycles. The van der Waals surface area contributed by atoms with Gasteiger partial charge >= 0.3 is 5.97 Å². The Morgan fingerprint density at radius 3 is 2.46 bits per heavy atom. The highest BCUT2D eigenvalue weighted by atomic mass is 32.1. The third-order valence-corrected chi connectivity index (χ3v) is 6.70. The van der Waals surface area contributed by atoms with E-state index < -0.39 is 12.0 Å². The Kier molecular flexibility index (Phi) is 7.02. The third-order valence-electron chi connectivity index (χ3n) is 5.71. The van der Waals surface area contributed by atoms with E-state index >= 15 is 0 Å². The Morgan fingerprint density at radius 1 is 1.17 bits per heavy atom. The minimum atomic E-state index is -0.673. The van der Waals surface area contributed by atoms with E-state index in [1.54, 1.807) is 30.7 Å². The summed E-state index contributed by atoms with van der Waals surface area (Å²) in [5.74, 6) is 0.152. The van der Waals surface area contributed by atoms with E-state index in [1.165, 1.54) is 17.4 Å². The molecule has 0 spiro atoms. The van der Waals surface area contributed by atoms with Gasteiger partial charge in [-0.15, -0.1) is 0 Å². The van der Waals surface area contributed by atoms with Crippen molar-refractivity contribution in [3.05, 3.63) is 103 Å². The maximum atomic E-state index is 13.6. The van der Waals surface area contributed by atoms with E-state index in [-0.39, 0.29) is 12.2 Å². The monoisotopic (exact) mass is 489 g/mol. The maximum Gasteiger partial charge on any atom is 0.338 e. The van der Waals surface area contributed by atoms with Crippen LogP contribution in [0.15, 0.2) is 82.2 Å². The van der Waals surface area contributed by atoms with Crippen LogP contribution in [-0.4, -0.2) is 38.3 Å². The molecule has 1 aliphatic rings. The highest BCUT2D eigenvalue weighted by Gasteiger charge is 2.33. The molecular formula is C27H27N3O4S. The molecule has 180 valence electrons. The van der Waals surface area contributed by atoms with Crippen LogP contribution in [-0.2, 0) is 9.53 Å². The summed E-state index contributed by atoms with van der Waals surface area (Å²) >= 11 is 1.30. The number of ether oxygens (including phenoxy) is 2. The van der Waals surface area contributed by atoms with Gasteiger partial charge in [-0.1, -0.05) is 48.3 Å². The number of carbonyl (C=O) groups is 1. The van der Waals surface area contributed by atoms with Crippen molar-refractivity contribution in [3.63, 3.8) is 0 Å². The summed E-state index contributed by atoms with van der Waals surface area (Å²) in [5, 5.41) is 0. The highest BCUT2D eigenvalue weighted by molar-refractivity contribution is 7.07. The Morgan fingerprint density at radius 2 is 1.86 bits per heavy atom. The molecule has 0 radical (unpaired) electrons. The van der Waals surface area contributed by atoms with E-state index in [1.807, 2.05) is 61.5 Å². The van der Waals surface area contributed by atoms with Crippen LogP contribution in [0.25, 0.3) is 6.08 Å². The van der Waals surface area contributed by atoms with Gasteiger partial charge in [0.2, 0.25) is 0 Å². The van der Waals surface area contributed by atoms with Crippen molar-refractivity contribution in [3.8, 4) is 5.75 Å². The fourth-order valence-electron chi connectivity index (χ4n) is 3.92. The Bertz CT molecular complexity index is 1460. The Hall–Kier alpha value is -3.91. The van der Waals surface area contributed by atoms with Crippen molar-refractivity contribution < 1.29 is 14.3 Å². The molecule has 0 amide bonds. The third kappa shape index (κ3) is 4.83. The van der Waals surface area contributed by atoms with Gasteiger partial charge in [-0.05, 0) is 48.4 Å². The van der Waals surface area contributed by atoms with Gasteiger partial charge in [0, 0.05) is 19.8 Å². The first-order valence-corrected chi connectivity index (χ1v) is 11.9. The number of allylic oxidation sites excluding steroid dienone is 1. The van der Waals surface area contributed by atoms with Gasteiger partial charge in [0.05, 0.1) is 29.0 Å². The average molecular weight is 490 g/mol. The van der Waals surface area contributed by atoms with E-state index in [0.717, 1.165) is 16.8 Å². The minimum absolute atomic E-state index is 0.0678. The molecule has 1 atom stereocenters. The lowest BCUT2D eigenvalue weighted by molar-refractivity contribution is -0.138. The molecule has 35 heavy (non-hydrogen) atoms. The summed E-state index contributed by atoms with van der Waals surface area (Å²) in [6.07, 6.45) is 3.36. The molecule has 8 heteroatoms. The van der Waals surface area contributed by atoms with Crippen molar-refractivity contribution >= 4 is 29.1 Å². The number of anilines is 1. The smallest absolute Gasteiger partial charge is 0.338 e. The SMILES string of the molecule is C=CCOC(=O)C1=C(C)N=c2s/c(=C/c3ccc(N(C)C)cc3)c(=O)n2[C@@H]1c1ccc(OC)cc1. The number of aromatic nitrogens is 1. The predicted molar refractivity (Wildman–Crippen MR) is 139 cm³/mol. The maximum absolute atomic E-state index is 13.6. The van der Waals surface area contributed by atoms with Gasteiger partial charge in [0.1, 0.15) is 12.4 Å². The molecular weight excluding hydrogens is 462 g/mol. The number of carbonyl (C=O) groups excluding carboxylic acids is 1. The molecule has 0 fully saturated rings. The van der Waals surface area contributed by atoms with Crippen LogP contribution < -0.4 is 24.5 Å². The molecule has 0 bridgehead atoms. The Balaban J connectivity index is 1.88. The molecule has 0 aliphatic carbocycles. The number of esters is 1. The van der Waals surface area contributed by atoms with Gasteiger partial charge in [0.25, 0.3) is 5.56 Å². The van der Waals surface area contributed by atoms with E-state index in [4.69, 9.17) is 9.47 Å². The van der Waals surface area contributed by atoms with Crippen LogP contribution >= 0.6 is 11.3 Å². The normalized spacial score (nSPS) is 15.3. The van der Waals surface area contributed by atoms with E-state index in [9.17, 15) is 9.59 Å². The summed E-state index contributed by atoms with van der Waals surface area (Å²) in [5.41, 5.74) is 3.36. The number of fused-ring (bicyclic) bond motifs is 1. The van der Waals surface area contributed by atoms with Crippen LogP contribution in [0, 0.1) is 0 Å². The van der Waals surface area contributed by atoms with Gasteiger partial charge in [-0.25, -0.2) is 9.79 Å². The molecule has 0 N–H and O–H groups in total. The summed E-state index contributed by atoms with van der Waals surface area (Å²) in [7, 11) is 5.55. The lowest BCUT2D eigenvalue weighted by atomic mass is 9.96. The predicted octanol–water partition coefficient (Wildman–Crippen LogP) is 3.04. The first-order chi connectivity index (χ1) is 16.8. The first-order valence-electron chi connectivity index (χ1n) is 11.1. The average Bonchev–Trinajstić information content (AvgIpc) is 3.16. The molecule has 0 unspecified atom stereocenters. The minimum Gasteiger partial charge on any atom is -0.497 e. The number of hydrogen-bond donors (Lipinski definition) is 0. The Labute approximate surface area is 207 Å². The zero-order chi connectivity index (χ0) is 25.1. The molecule has 0 saturated carbocycles. The summed E-state index contributed by atoms with van der Waals surface area (Å²) in [6, 6.07) is 14.6. The topological polar surface area (TPSA) is 73.1 Å². The second-order valence-corrected chi connectivity index (χ2v) is 9.24. The standard InChI is InChI=1S/C27H27N3O4S/c1-6-15-34-26(32)23-17(2)28-27-30(24(23)19-9-13-21(33-5)14-10-19)25(31)22(35-27)16-18-7-11-20(12-8-18)29(3)4/h6-14,16,24H,1,15H2,2-5H3/b22-16+/t24-/m1/s1. The molecule has 1 aliphatic heterocycles. The fraction of sp³-hybridized carbons (Fsp3) is 0.222. The lowest BCUT2D eigenvalue weighted by Gasteiger charge is -2.24. The summed E-state index contributed by atoms with van der Waals surface area (Å²) in [4.78, 5) is 33.8. The zero-order valence-corrected chi connectivity index (χ0v) is 21.0. The largest absolute Gasteiger partial charge is 0.497 e. The number of rotatable bonds is 7. The van der Waals surface area contributed by atoms with Crippen LogP contribution in [0.2, 0.25) is 0 Å². The quantitative estimate of drug-likeness (QED) is 0.377. The number of benzene rings is 2. The van der Waals surface area contributed by atoms with Crippen molar-refractivity contribution in [2.24, 2.45) is 4.99 Å². The van der Waals surface area contributed by atoms with E-state index in [0.29, 0.717) is 26.4 Å². The molecule has 2 heterocycles. The van der Waals surface area contributed by atoms with Crippen molar-refractivity contribution in [2.75, 3.05) is 32.7 Å². The molecule has 0 saturated heterocycles. The van der Waals surface area contributed by atoms with Crippen LogP contribution in [0.1, 0.15) is 24.1 Å². The second kappa shape index (κ2) is 10.1. The number of nitrogens with zero attached hydrogens (tertiary/aromatic N) is 3. The number of hydrogen-bond acceptors (Lipinski definition) is 7. The van der Waals surface area contributed by atoms with Crippen LogP contribution in [0.4, 0.5) is 5.69 Å². The number of thiazole rings is 1. The second-order valence-electron chi connectivity index (χ2n) is 8.23. The lowest BCUT2D eigenvalue weighted by Crippen LogP contribution is -2.39. The van der Waals surface area contributed by atoms with Gasteiger partial charge < -0.3 is 14.4 Å². The summed E-state index contributed by atoms with van der Waals surface area (Å²) in [6.45, 7) is 5.44. The molecule has 4 rings (SSSR count). The van der Waals surface area contributed by atoms with E-state index in [2.05, 4.69) is 11.6 Å². The highest BCUT2D eigenvalue weighted by Crippen LogP contribution is 2.31. The molecule has 7 nitrogen and oxygen atoms in total. The first kappa shape index (κ1) is 24.2. The zero-order valence-electron chi connectivity index (χ0n) is 20.1. The van der Waals surface area contributed by atoms with Crippen LogP contribution in [0.3, 0.4) is 0 Å². The number of methoxy groups -OCH3 is 1. The van der Waals surface area contributed by atoms with Crippen molar-refractivity contribution in [1.82, 2.24) is 4.57 Å². The van der Waals surface area contributed by atoms with Gasteiger partial charge in [0.15, 0.2) is 4.80 Å². The van der Waals surface area contributed by atoms with Crippen molar-refractivity contribution in [2.45, 2.75) is 13.0 Å². The van der Waals surface area contributed by atoms with Gasteiger partial charge in [-0.2, -0.15) is 0 Å².